The van der Waals surface area contributed by atoms with Gasteiger partial charge in [-0.3, -0.25) is 0 Å². The fraction of sp³-hybridized carbons (Fsp3) is 1.00. The summed E-state index contributed by atoms with van der Waals surface area (Å²) in [5.41, 5.74) is 9.81. The standard InChI is InChI=1S/C2H8N2.H3O4P.Zn/c3-1-2-4;1-5(2,3)4;/h1-4H2;(H3,1,2,3,4);/q;;+2/p-2. The summed E-state index contributed by atoms with van der Waals surface area (Å²) in [6, 6.07) is 0. The Balaban J connectivity index is -0.0000000910. The van der Waals surface area contributed by atoms with E-state index < -0.39 is 7.82 Å². The largest absolute Gasteiger partial charge is 2.00 e. The van der Waals surface area contributed by atoms with Gasteiger partial charge in [0.1, 0.15) is 0 Å². The molecule has 0 aromatic carbocycles. The first-order valence-electron chi connectivity index (χ1n) is 2.06. The van der Waals surface area contributed by atoms with Crippen molar-refractivity contribution >= 4 is 7.82 Å². The minimum Gasteiger partial charge on any atom is -0.790 e. The van der Waals surface area contributed by atoms with E-state index in [1.54, 1.807) is 0 Å². The Kier molecular flexibility index (Phi) is 16.4. The molecule has 0 aliphatic carbocycles. The second kappa shape index (κ2) is 9.65. The number of nitrogens with two attached hydrogens (primary N) is 2. The molecule has 0 saturated heterocycles. The first-order valence-corrected chi connectivity index (χ1v) is 3.56. The minimum absolute atomic E-state index is 0. The van der Waals surface area contributed by atoms with Crippen LogP contribution < -0.4 is 21.3 Å². The molecule has 0 spiro atoms. The van der Waals surface area contributed by atoms with Gasteiger partial charge in [-0.15, -0.1) is 0 Å². The molecule has 0 radical (unpaired) electrons. The summed E-state index contributed by atoms with van der Waals surface area (Å²) in [5, 5.41) is 0. The molecule has 0 heterocycles. The Labute approximate surface area is 71.6 Å². The van der Waals surface area contributed by atoms with Gasteiger partial charge in [0.15, 0.2) is 0 Å². The molecule has 5 N–H and O–H groups in total. The van der Waals surface area contributed by atoms with Gasteiger partial charge in [0.25, 0.3) is 0 Å². The molecule has 0 rings (SSSR count). The van der Waals surface area contributed by atoms with Crippen molar-refractivity contribution in [2.45, 2.75) is 0 Å². The number of hydrogen-bond acceptors (Lipinski definition) is 5. The topological polar surface area (TPSA) is 135 Å². The van der Waals surface area contributed by atoms with Crippen molar-refractivity contribution in [3.8, 4) is 0 Å². The van der Waals surface area contributed by atoms with Crippen LogP contribution in [0.4, 0.5) is 0 Å². The van der Waals surface area contributed by atoms with Crippen LogP contribution in [0.3, 0.4) is 0 Å². The quantitative estimate of drug-likeness (QED) is 0.314. The summed E-state index contributed by atoms with van der Waals surface area (Å²) in [4.78, 5) is 24.3. The molecule has 0 fully saturated rings. The normalized spacial score (nSPS) is 8.90. The van der Waals surface area contributed by atoms with E-state index in [4.69, 9.17) is 30.7 Å². The van der Waals surface area contributed by atoms with Crippen LogP contribution in [0.5, 0.6) is 0 Å². The third-order valence-electron chi connectivity index (χ3n) is 0.167. The molecule has 8 heteroatoms. The van der Waals surface area contributed by atoms with Crippen LogP contribution in [0.1, 0.15) is 0 Å². The van der Waals surface area contributed by atoms with E-state index in [2.05, 4.69) is 0 Å². The molecule has 0 aliphatic heterocycles. The van der Waals surface area contributed by atoms with E-state index in [9.17, 15) is 0 Å². The van der Waals surface area contributed by atoms with Gasteiger partial charge >= 0.3 is 19.5 Å². The third kappa shape index (κ3) is 185. The Hall–Kier alpha value is 0.653. The summed E-state index contributed by atoms with van der Waals surface area (Å²) in [5.74, 6) is 0. The molecule has 0 amide bonds. The van der Waals surface area contributed by atoms with Gasteiger partial charge < -0.3 is 30.7 Å². The fourth-order valence-electron chi connectivity index (χ4n) is 0. The summed E-state index contributed by atoms with van der Waals surface area (Å²) in [6.45, 7) is 1.19. The van der Waals surface area contributed by atoms with Crippen molar-refractivity contribution in [2.24, 2.45) is 11.5 Å². The van der Waals surface area contributed by atoms with Gasteiger partial charge in [0.05, 0.1) is 7.82 Å². The van der Waals surface area contributed by atoms with Gasteiger partial charge in [-0.25, -0.2) is 0 Å². The third-order valence-corrected chi connectivity index (χ3v) is 0.167. The maximum absolute atomic E-state index is 8.66. The van der Waals surface area contributed by atoms with Crippen molar-refractivity contribution in [1.82, 2.24) is 0 Å². The van der Waals surface area contributed by atoms with Crippen LogP contribution in [0, 0.1) is 0 Å². The zero-order chi connectivity index (χ0) is 7.91. The van der Waals surface area contributed by atoms with Crippen LogP contribution >= 0.6 is 7.82 Å². The van der Waals surface area contributed by atoms with Gasteiger partial charge in [-0.05, 0) is 0 Å². The van der Waals surface area contributed by atoms with Crippen molar-refractivity contribution in [2.75, 3.05) is 13.1 Å². The van der Waals surface area contributed by atoms with Crippen LogP contribution in [0.25, 0.3) is 0 Å². The number of phosphoric acid groups is 1. The monoisotopic (exact) mass is 220 g/mol. The maximum atomic E-state index is 8.66. The van der Waals surface area contributed by atoms with Crippen LogP contribution in [0.15, 0.2) is 0 Å². The molecular weight excluding hydrogens is 212 g/mol. The van der Waals surface area contributed by atoms with Gasteiger partial charge in [-0.1, -0.05) is 0 Å². The summed E-state index contributed by atoms with van der Waals surface area (Å²) in [7, 11) is -5.14. The van der Waals surface area contributed by atoms with Crippen LogP contribution in [-0.2, 0) is 24.0 Å². The predicted molar refractivity (Wildman–Crippen MR) is 27.9 cm³/mol. The van der Waals surface area contributed by atoms with E-state index in [1.165, 1.54) is 0 Å². The molecule has 0 aromatic rings. The molecule has 0 saturated carbocycles. The number of rotatable bonds is 1. The van der Waals surface area contributed by atoms with Crippen LogP contribution in [-0.4, -0.2) is 18.0 Å². The smallest absolute Gasteiger partial charge is 0.790 e. The molecular formula is C2H9N2O4PZn. The first-order chi connectivity index (χ1) is 3.91. The average molecular weight is 221 g/mol. The van der Waals surface area contributed by atoms with Gasteiger partial charge in [-0.2, -0.15) is 0 Å². The predicted octanol–water partition coefficient (Wildman–Crippen LogP) is -3.29. The zero-order valence-corrected chi connectivity index (χ0v) is 9.26. The van der Waals surface area contributed by atoms with E-state index in [-0.39, 0.29) is 19.5 Å². The van der Waals surface area contributed by atoms with E-state index in [0.29, 0.717) is 13.1 Å². The molecule has 6 nitrogen and oxygen atoms in total. The Bertz CT molecular complexity index is 85.0. The summed E-state index contributed by atoms with van der Waals surface area (Å²) >= 11 is 0. The van der Waals surface area contributed by atoms with E-state index >= 15 is 0 Å². The van der Waals surface area contributed by atoms with Crippen molar-refractivity contribution < 1.29 is 38.7 Å². The Morgan fingerprint density at radius 1 is 1.30 bits per heavy atom. The van der Waals surface area contributed by atoms with Gasteiger partial charge in [0.2, 0.25) is 0 Å². The maximum Gasteiger partial charge on any atom is 2.00 e. The summed E-state index contributed by atoms with van der Waals surface area (Å²) in [6.07, 6.45) is 0. The summed E-state index contributed by atoms with van der Waals surface area (Å²) < 4.78 is 8.66. The zero-order valence-electron chi connectivity index (χ0n) is 5.40. The molecule has 10 heavy (non-hydrogen) atoms. The average Bonchev–Trinajstić information content (AvgIpc) is 1.61. The second-order valence-electron chi connectivity index (χ2n) is 1.05. The fourth-order valence-corrected chi connectivity index (χ4v) is 0. The van der Waals surface area contributed by atoms with Crippen LogP contribution in [0.2, 0.25) is 0 Å². The molecule has 0 aliphatic rings. The molecule has 0 atom stereocenters. The second-order valence-corrected chi connectivity index (χ2v) is 1.98. The Morgan fingerprint density at radius 2 is 1.40 bits per heavy atom. The van der Waals surface area contributed by atoms with Gasteiger partial charge in [0, 0.05) is 13.1 Å². The molecule has 0 unspecified atom stereocenters. The molecule has 58 valence electrons. The molecule has 0 bridgehead atoms. The van der Waals surface area contributed by atoms with E-state index in [1.807, 2.05) is 0 Å². The Morgan fingerprint density at radius 3 is 1.40 bits per heavy atom. The van der Waals surface area contributed by atoms with Crippen molar-refractivity contribution in [3.05, 3.63) is 0 Å². The van der Waals surface area contributed by atoms with Crippen molar-refractivity contribution in [3.63, 3.8) is 0 Å². The first kappa shape index (κ1) is 16.9. The van der Waals surface area contributed by atoms with E-state index in [0.717, 1.165) is 0 Å². The number of hydrogen-bond donors (Lipinski definition) is 3. The SMILES string of the molecule is NCCN.O=P([O-])([O-])O.[Zn+2]. The van der Waals surface area contributed by atoms with Crippen molar-refractivity contribution in [1.29, 1.82) is 0 Å². The molecule has 0 aromatic heterocycles. The minimum atomic E-state index is -5.14.